The summed E-state index contributed by atoms with van der Waals surface area (Å²) in [7, 11) is 0. The van der Waals surface area contributed by atoms with Crippen molar-refractivity contribution in [2.75, 3.05) is 0 Å². The van der Waals surface area contributed by atoms with Gasteiger partial charge in [-0.15, -0.1) is 11.6 Å². The molecule has 1 aromatic rings. The van der Waals surface area contributed by atoms with E-state index in [2.05, 4.69) is 12.1 Å². The van der Waals surface area contributed by atoms with Crippen LogP contribution in [-0.2, 0) is 0 Å². The molecule has 0 aliphatic carbocycles. The van der Waals surface area contributed by atoms with E-state index in [0.29, 0.717) is 0 Å². The Kier molecular flexibility index (Phi) is 4.03. The lowest BCUT2D eigenvalue weighted by Crippen LogP contribution is -1.91. The summed E-state index contributed by atoms with van der Waals surface area (Å²) in [6.45, 7) is 6.02. The zero-order valence-corrected chi connectivity index (χ0v) is 10.2. The number of hydrogen-bond donors (Lipinski definition) is 0. The molecule has 0 spiro atoms. The molecular weight excluding hydrogens is 215 g/mol. The minimum atomic E-state index is 0.0642. The number of hydrogen-bond acceptors (Lipinski definition) is 0. The van der Waals surface area contributed by atoms with Gasteiger partial charge >= 0.3 is 0 Å². The smallest absolute Gasteiger partial charge is 0.0517 e. The van der Waals surface area contributed by atoms with Crippen LogP contribution in [0, 0.1) is 6.92 Å². The van der Waals surface area contributed by atoms with E-state index in [1.54, 1.807) is 0 Å². The molecule has 0 saturated carbocycles. The first kappa shape index (κ1) is 11.6. The van der Waals surface area contributed by atoms with Crippen LogP contribution in [0.4, 0.5) is 0 Å². The van der Waals surface area contributed by atoms with E-state index in [9.17, 15) is 0 Å². The highest BCUT2D eigenvalue weighted by Gasteiger charge is 2.00. The van der Waals surface area contributed by atoms with Crippen molar-refractivity contribution in [1.29, 1.82) is 0 Å². The molecular formula is C12H14Cl2. The normalized spacial score (nSPS) is 14.2. The Morgan fingerprint density at radius 3 is 2.50 bits per heavy atom. The number of halogens is 2. The zero-order valence-electron chi connectivity index (χ0n) is 8.64. The van der Waals surface area contributed by atoms with E-state index in [0.717, 1.165) is 16.2 Å². The maximum absolute atomic E-state index is 5.96. The fraction of sp³-hybridized carbons (Fsp3) is 0.333. The highest BCUT2D eigenvalue weighted by atomic mass is 35.5. The summed E-state index contributed by atoms with van der Waals surface area (Å²) in [5.41, 5.74) is 3.42. The molecule has 0 aliphatic heterocycles. The SMILES string of the molecule is C/C(=C\c1cc(C)cc(Cl)c1)C(C)Cl. The van der Waals surface area contributed by atoms with Gasteiger partial charge in [-0.1, -0.05) is 29.3 Å². The molecule has 0 amide bonds. The molecule has 1 aromatic carbocycles. The van der Waals surface area contributed by atoms with Crippen molar-refractivity contribution in [3.8, 4) is 0 Å². The van der Waals surface area contributed by atoms with Crippen molar-refractivity contribution in [1.82, 2.24) is 0 Å². The Balaban J connectivity index is 3.02. The minimum Gasteiger partial charge on any atom is -0.118 e. The first-order chi connectivity index (χ1) is 6.49. The molecule has 0 saturated heterocycles. The molecule has 76 valence electrons. The fourth-order valence-electron chi connectivity index (χ4n) is 1.23. The van der Waals surface area contributed by atoms with Gasteiger partial charge in [0, 0.05) is 5.02 Å². The van der Waals surface area contributed by atoms with Crippen LogP contribution >= 0.6 is 23.2 Å². The molecule has 0 bridgehead atoms. The number of benzene rings is 1. The highest BCUT2D eigenvalue weighted by Crippen LogP contribution is 2.19. The summed E-state index contributed by atoms with van der Waals surface area (Å²) < 4.78 is 0. The van der Waals surface area contributed by atoms with Crippen molar-refractivity contribution >= 4 is 29.3 Å². The molecule has 0 radical (unpaired) electrons. The maximum atomic E-state index is 5.96. The molecule has 1 unspecified atom stereocenters. The predicted octanol–water partition coefficient (Wildman–Crippen LogP) is 4.68. The van der Waals surface area contributed by atoms with Gasteiger partial charge in [0.2, 0.25) is 0 Å². The van der Waals surface area contributed by atoms with Crippen LogP contribution in [-0.4, -0.2) is 5.38 Å². The van der Waals surface area contributed by atoms with Crippen LogP contribution in [0.15, 0.2) is 23.8 Å². The average Bonchev–Trinajstić information content (AvgIpc) is 2.01. The van der Waals surface area contributed by atoms with E-state index < -0.39 is 0 Å². The van der Waals surface area contributed by atoms with E-state index >= 15 is 0 Å². The molecule has 14 heavy (non-hydrogen) atoms. The Bertz CT molecular complexity index is 331. The monoisotopic (exact) mass is 228 g/mol. The Labute approximate surface area is 95.5 Å². The lowest BCUT2D eigenvalue weighted by Gasteiger charge is -2.04. The third-order valence-corrected chi connectivity index (χ3v) is 2.65. The van der Waals surface area contributed by atoms with E-state index in [4.69, 9.17) is 23.2 Å². The van der Waals surface area contributed by atoms with E-state index in [-0.39, 0.29) is 5.38 Å². The highest BCUT2D eigenvalue weighted by molar-refractivity contribution is 6.30. The lowest BCUT2D eigenvalue weighted by atomic mass is 10.1. The van der Waals surface area contributed by atoms with E-state index in [1.165, 1.54) is 5.56 Å². The maximum Gasteiger partial charge on any atom is 0.0517 e. The molecule has 0 N–H and O–H groups in total. The van der Waals surface area contributed by atoms with Crippen LogP contribution in [0.1, 0.15) is 25.0 Å². The minimum absolute atomic E-state index is 0.0642. The van der Waals surface area contributed by atoms with Crippen molar-refractivity contribution < 1.29 is 0 Å². The summed E-state index contributed by atoms with van der Waals surface area (Å²) in [6, 6.07) is 5.98. The summed E-state index contributed by atoms with van der Waals surface area (Å²) in [5.74, 6) is 0. The van der Waals surface area contributed by atoms with Crippen LogP contribution in [0.25, 0.3) is 6.08 Å². The second-order valence-electron chi connectivity index (χ2n) is 3.57. The van der Waals surface area contributed by atoms with Gasteiger partial charge in [0.05, 0.1) is 5.38 Å². The fourth-order valence-corrected chi connectivity index (χ4v) is 1.59. The third-order valence-electron chi connectivity index (χ3n) is 2.09. The largest absolute Gasteiger partial charge is 0.118 e. The Hall–Kier alpha value is -0.460. The molecule has 0 heterocycles. The van der Waals surface area contributed by atoms with Crippen molar-refractivity contribution in [2.24, 2.45) is 0 Å². The quantitative estimate of drug-likeness (QED) is 0.646. The number of allylic oxidation sites excluding steroid dienone is 1. The molecule has 0 fully saturated rings. The summed E-state index contributed by atoms with van der Waals surface area (Å²) in [4.78, 5) is 0. The lowest BCUT2D eigenvalue weighted by molar-refractivity contribution is 1.12. The number of alkyl halides is 1. The van der Waals surface area contributed by atoms with Crippen LogP contribution in [0.2, 0.25) is 5.02 Å². The molecule has 2 heteroatoms. The van der Waals surface area contributed by atoms with Crippen LogP contribution in [0.5, 0.6) is 0 Å². The molecule has 0 aliphatic rings. The molecule has 0 aromatic heterocycles. The Morgan fingerprint density at radius 2 is 2.00 bits per heavy atom. The van der Waals surface area contributed by atoms with Gasteiger partial charge < -0.3 is 0 Å². The molecule has 1 atom stereocenters. The van der Waals surface area contributed by atoms with Gasteiger partial charge in [-0.05, 0) is 44.0 Å². The second-order valence-corrected chi connectivity index (χ2v) is 4.66. The Morgan fingerprint density at radius 1 is 1.36 bits per heavy atom. The van der Waals surface area contributed by atoms with Gasteiger partial charge in [0.15, 0.2) is 0 Å². The predicted molar refractivity (Wildman–Crippen MR) is 65.2 cm³/mol. The zero-order chi connectivity index (χ0) is 10.7. The topological polar surface area (TPSA) is 0 Å². The van der Waals surface area contributed by atoms with Gasteiger partial charge in [0.1, 0.15) is 0 Å². The first-order valence-corrected chi connectivity index (χ1v) is 5.40. The van der Waals surface area contributed by atoms with E-state index in [1.807, 2.05) is 32.9 Å². The second kappa shape index (κ2) is 4.86. The van der Waals surface area contributed by atoms with Crippen molar-refractivity contribution in [3.63, 3.8) is 0 Å². The van der Waals surface area contributed by atoms with Gasteiger partial charge in [-0.3, -0.25) is 0 Å². The summed E-state index contributed by atoms with van der Waals surface area (Å²) >= 11 is 11.9. The average molecular weight is 229 g/mol. The number of aryl methyl sites for hydroxylation is 1. The van der Waals surface area contributed by atoms with Gasteiger partial charge in [-0.25, -0.2) is 0 Å². The summed E-state index contributed by atoms with van der Waals surface area (Å²) in [5, 5.41) is 0.834. The van der Waals surface area contributed by atoms with Crippen LogP contribution < -0.4 is 0 Å². The molecule has 1 rings (SSSR count). The van der Waals surface area contributed by atoms with Crippen molar-refractivity contribution in [3.05, 3.63) is 39.9 Å². The third kappa shape index (κ3) is 3.36. The molecule has 0 nitrogen and oxygen atoms in total. The van der Waals surface area contributed by atoms with Crippen LogP contribution in [0.3, 0.4) is 0 Å². The standard InChI is InChI=1S/C12H14Cl2/c1-8-4-11(7-12(14)5-8)6-9(2)10(3)13/h4-7,10H,1-3H3/b9-6+. The van der Waals surface area contributed by atoms with Gasteiger partial charge in [0.25, 0.3) is 0 Å². The summed E-state index contributed by atoms with van der Waals surface area (Å²) in [6.07, 6.45) is 2.07. The first-order valence-electron chi connectivity index (χ1n) is 4.58. The number of rotatable bonds is 2. The van der Waals surface area contributed by atoms with Gasteiger partial charge in [-0.2, -0.15) is 0 Å². The van der Waals surface area contributed by atoms with Crippen molar-refractivity contribution in [2.45, 2.75) is 26.1 Å².